The van der Waals surface area contributed by atoms with Crippen LogP contribution in [0.1, 0.15) is 73.1 Å². The molecular weight excluding hydrogens is 508 g/mol. The fourth-order valence-corrected chi connectivity index (χ4v) is 6.20. The second-order valence-electron chi connectivity index (χ2n) is 11.6. The van der Waals surface area contributed by atoms with Crippen LogP contribution >= 0.6 is 0 Å². The Labute approximate surface area is 228 Å². The molecule has 4 aliphatic rings. The van der Waals surface area contributed by atoms with Crippen molar-refractivity contribution in [3.8, 4) is 0 Å². The second kappa shape index (κ2) is 11.0. The van der Waals surface area contributed by atoms with Gasteiger partial charge in [-0.25, -0.2) is 9.59 Å². The first-order valence-electron chi connectivity index (χ1n) is 13.5. The molecule has 0 bridgehead atoms. The van der Waals surface area contributed by atoms with Gasteiger partial charge in [-0.2, -0.15) is 0 Å². The molecule has 11 nitrogen and oxygen atoms in total. The molecule has 39 heavy (non-hydrogen) atoms. The van der Waals surface area contributed by atoms with Gasteiger partial charge in [-0.05, 0) is 69.8 Å². The van der Waals surface area contributed by atoms with Crippen LogP contribution in [-0.4, -0.2) is 88.8 Å². The summed E-state index contributed by atoms with van der Waals surface area (Å²) in [6, 6.07) is -2.51. The van der Waals surface area contributed by atoms with Gasteiger partial charge in [0, 0.05) is 26.7 Å². The highest BCUT2D eigenvalue weighted by Gasteiger charge is 2.53. The smallest absolute Gasteiger partial charge is 0.411 e. The number of hydrogen-bond donors (Lipinski definition) is 0. The molecule has 0 saturated carbocycles. The zero-order chi connectivity index (χ0) is 28.6. The summed E-state index contributed by atoms with van der Waals surface area (Å²) < 4.78 is 21.5. The third-order valence-corrected chi connectivity index (χ3v) is 7.56. The van der Waals surface area contributed by atoms with Gasteiger partial charge < -0.3 is 23.8 Å². The number of carbonyl (C=O) groups is 5. The Hall–Kier alpha value is -3.37. The van der Waals surface area contributed by atoms with Crippen molar-refractivity contribution in [2.45, 2.75) is 115 Å². The molecule has 2 aliphatic carbocycles. The summed E-state index contributed by atoms with van der Waals surface area (Å²) in [7, 11) is 1.28. The molecule has 0 unspecified atom stereocenters. The number of nitrogens with zero attached hydrogens (tertiary/aromatic N) is 2. The van der Waals surface area contributed by atoms with E-state index < -0.39 is 53.9 Å². The maximum absolute atomic E-state index is 14.3. The normalized spacial score (nSPS) is 29.9. The van der Waals surface area contributed by atoms with Gasteiger partial charge in [0.2, 0.25) is 5.91 Å². The lowest BCUT2D eigenvalue weighted by molar-refractivity contribution is -0.154. The third kappa shape index (κ3) is 6.12. The van der Waals surface area contributed by atoms with Crippen LogP contribution in [0, 0.1) is 0 Å². The molecule has 2 heterocycles. The molecule has 2 amide bonds. The van der Waals surface area contributed by atoms with E-state index in [-0.39, 0.29) is 30.8 Å². The maximum atomic E-state index is 14.3. The number of likely N-dealkylation sites (tertiary alicyclic amines) is 2. The van der Waals surface area contributed by atoms with Crippen molar-refractivity contribution in [3.63, 3.8) is 0 Å². The van der Waals surface area contributed by atoms with Crippen molar-refractivity contribution < 1.29 is 42.9 Å². The van der Waals surface area contributed by atoms with Crippen LogP contribution < -0.4 is 0 Å². The van der Waals surface area contributed by atoms with E-state index in [1.165, 1.54) is 25.9 Å². The van der Waals surface area contributed by atoms with Gasteiger partial charge in [-0.3, -0.25) is 19.3 Å². The molecular formula is C28H38N2O9. The van der Waals surface area contributed by atoms with E-state index in [1.54, 1.807) is 25.7 Å². The quantitative estimate of drug-likeness (QED) is 0.297. The SMILES string of the molecule is COC(=O)[C@@H]1CC2=C[C@H](OC(C)=O)CC[C@H]2N1C(=O)[C@@H]1CC2=C[C@H](OC(C)=O)CC[C@H]2N1C(=O)OC(C)(C)C. The fraction of sp³-hybridized carbons (Fsp3) is 0.679. The van der Waals surface area contributed by atoms with Crippen LogP contribution in [0.15, 0.2) is 23.3 Å². The Bertz CT molecular complexity index is 1100. The van der Waals surface area contributed by atoms with E-state index >= 15 is 0 Å². The molecule has 11 heteroatoms. The Kier molecular flexibility index (Phi) is 8.09. The van der Waals surface area contributed by atoms with Crippen LogP contribution in [0.3, 0.4) is 0 Å². The van der Waals surface area contributed by atoms with Crippen LogP contribution in [0.5, 0.6) is 0 Å². The molecule has 0 aromatic carbocycles. The van der Waals surface area contributed by atoms with Crippen LogP contribution in [-0.2, 0) is 38.1 Å². The summed E-state index contributed by atoms with van der Waals surface area (Å²) in [6.45, 7) is 7.98. The molecule has 0 spiro atoms. The minimum absolute atomic E-state index is 0.243. The van der Waals surface area contributed by atoms with E-state index in [0.717, 1.165) is 11.1 Å². The number of fused-ring (bicyclic) bond motifs is 2. The van der Waals surface area contributed by atoms with Crippen LogP contribution in [0.2, 0.25) is 0 Å². The van der Waals surface area contributed by atoms with Crippen LogP contribution in [0.4, 0.5) is 4.79 Å². The molecule has 0 radical (unpaired) electrons. The first-order chi connectivity index (χ1) is 18.3. The number of carbonyl (C=O) groups excluding carboxylic acids is 5. The Balaban J connectivity index is 1.68. The summed E-state index contributed by atoms with van der Waals surface area (Å²) >= 11 is 0. The van der Waals surface area contributed by atoms with Gasteiger partial charge in [0.1, 0.15) is 29.9 Å². The van der Waals surface area contributed by atoms with Crippen molar-refractivity contribution >= 4 is 29.9 Å². The Morgan fingerprint density at radius 2 is 1.26 bits per heavy atom. The lowest BCUT2D eigenvalue weighted by atomic mass is 9.92. The lowest BCUT2D eigenvalue weighted by Gasteiger charge is -2.37. The highest BCUT2D eigenvalue weighted by Crippen LogP contribution is 2.42. The standard InChI is InChI=1S/C28H38N2O9/c1-15(31)37-19-7-9-21-18(12-19)14-24(26(34)36-6)29(21)25(33)23-13-17-11-20(38-16(2)32)8-10-22(17)30(23)27(35)39-28(3,4)5/h11-12,19-24H,7-10,13-14H2,1-6H3/t19-,20-,21-,22-,23+,24+/m1/s1. The molecule has 0 aromatic heterocycles. The maximum Gasteiger partial charge on any atom is 0.411 e. The van der Waals surface area contributed by atoms with Gasteiger partial charge in [-0.15, -0.1) is 0 Å². The predicted molar refractivity (Wildman–Crippen MR) is 137 cm³/mol. The highest BCUT2D eigenvalue weighted by atomic mass is 16.6. The zero-order valence-electron chi connectivity index (χ0n) is 23.4. The number of amides is 2. The number of methoxy groups -OCH3 is 1. The summed E-state index contributed by atoms with van der Waals surface area (Å²) in [5, 5.41) is 0. The average molecular weight is 547 g/mol. The average Bonchev–Trinajstić information content (AvgIpc) is 3.39. The Morgan fingerprint density at radius 1 is 0.769 bits per heavy atom. The highest BCUT2D eigenvalue weighted by molar-refractivity contribution is 5.92. The van der Waals surface area contributed by atoms with E-state index in [1.807, 2.05) is 12.2 Å². The number of ether oxygens (including phenoxy) is 4. The van der Waals surface area contributed by atoms with Gasteiger partial charge in [0.05, 0.1) is 19.2 Å². The van der Waals surface area contributed by atoms with Gasteiger partial charge in [0.25, 0.3) is 0 Å². The molecule has 6 atom stereocenters. The van der Waals surface area contributed by atoms with Crippen molar-refractivity contribution in [1.82, 2.24) is 9.80 Å². The molecule has 214 valence electrons. The van der Waals surface area contributed by atoms with E-state index in [0.29, 0.717) is 25.7 Å². The summed E-state index contributed by atoms with van der Waals surface area (Å²) in [5.74, 6) is -1.70. The molecule has 2 aliphatic heterocycles. The van der Waals surface area contributed by atoms with Gasteiger partial charge in [0.15, 0.2) is 0 Å². The van der Waals surface area contributed by atoms with E-state index in [2.05, 4.69) is 0 Å². The summed E-state index contributed by atoms with van der Waals surface area (Å²) in [5.41, 5.74) is 0.892. The van der Waals surface area contributed by atoms with Crippen molar-refractivity contribution in [3.05, 3.63) is 23.3 Å². The predicted octanol–water partition coefficient (Wildman–Crippen LogP) is 2.81. The molecule has 2 fully saturated rings. The van der Waals surface area contributed by atoms with Crippen molar-refractivity contribution in [2.24, 2.45) is 0 Å². The largest absolute Gasteiger partial charge is 0.467 e. The molecule has 0 aromatic rings. The van der Waals surface area contributed by atoms with Gasteiger partial charge in [-0.1, -0.05) is 0 Å². The molecule has 0 N–H and O–H groups in total. The van der Waals surface area contributed by atoms with Crippen LogP contribution in [0.25, 0.3) is 0 Å². The molecule has 4 rings (SSSR count). The lowest BCUT2D eigenvalue weighted by Crippen LogP contribution is -2.56. The van der Waals surface area contributed by atoms with Gasteiger partial charge >= 0.3 is 24.0 Å². The second-order valence-corrected chi connectivity index (χ2v) is 11.6. The van der Waals surface area contributed by atoms with E-state index in [4.69, 9.17) is 18.9 Å². The number of esters is 3. The first kappa shape index (κ1) is 28.6. The summed E-state index contributed by atoms with van der Waals surface area (Å²) in [6.07, 6.45) is 4.73. The minimum atomic E-state index is -0.898. The Morgan fingerprint density at radius 3 is 1.72 bits per heavy atom. The molecule has 2 saturated heterocycles. The fourth-order valence-electron chi connectivity index (χ4n) is 6.20. The summed E-state index contributed by atoms with van der Waals surface area (Å²) in [4.78, 5) is 66.7. The minimum Gasteiger partial charge on any atom is -0.467 e. The topological polar surface area (TPSA) is 129 Å². The third-order valence-electron chi connectivity index (χ3n) is 7.56. The van der Waals surface area contributed by atoms with Crippen molar-refractivity contribution in [2.75, 3.05) is 7.11 Å². The number of hydrogen-bond acceptors (Lipinski definition) is 9. The number of rotatable bonds is 4. The first-order valence-corrected chi connectivity index (χ1v) is 13.5. The zero-order valence-corrected chi connectivity index (χ0v) is 23.4. The monoisotopic (exact) mass is 546 g/mol. The van der Waals surface area contributed by atoms with E-state index in [9.17, 15) is 24.0 Å². The van der Waals surface area contributed by atoms with Crippen molar-refractivity contribution in [1.29, 1.82) is 0 Å².